The summed E-state index contributed by atoms with van der Waals surface area (Å²) in [6.45, 7) is 5.43. The predicted molar refractivity (Wildman–Crippen MR) is 100 cm³/mol. The molecule has 1 aromatic heterocycles. The number of benzene rings is 1. The first-order valence-electron chi connectivity index (χ1n) is 9.13. The molecule has 1 aliphatic heterocycles. The van der Waals surface area contributed by atoms with Crippen molar-refractivity contribution in [3.8, 4) is 0 Å². The number of hydrogen-bond donors (Lipinski definition) is 0. The van der Waals surface area contributed by atoms with E-state index in [1.807, 2.05) is 0 Å². The molecule has 0 radical (unpaired) electrons. The maximum Gasteiger partial charge on any atom is 0.0480 e. The van der Waals surface area contributed by atoms with Gasteiger partial charge in [0.15, 0.2) is 0 Å². The predicted octanol–water partition coefficient (Wildman–Crippen LogP) is 3.11. The standard InChI is InChI=1S/C20H31N3O/c1-21-11-8-19(9-12-21)23(10-4-14-24-3)16-17-5-6-18-7-13-22(2)20(18)15-17/h5-7,13,15,19H,4,8-12,14,16H2,1-3H3. The zero-order chi connectivity index (χ0) is 16.9. The molecule has 132 valence electrons. The molecule has 0 unspecified atom stereocenters. The molecule has 0 bridgehead atoms. The Labute approximate surface area is 146 Å². The summed E-state index contributed by atoms with van der Waals surface area (Å²) in [4.78, 5) is 5.12. The summed E-state index contributed by atoms with van der Waals surface area (Å²) in [5.74, 6) is 0. The van der Waals surface area contributed by atoms with Crippen molar-refractivity contribution < 1.29 is 4.74 Å². The number of ether oxygens (including phenoxy) is 1. The van der Waals surface area contributed by atoms with Gasteiger partial charge in [0, 0.05) is 51.6 Å². The van der Waals surface area contributed by atoms with E-state index >= 15 is 0 Å². The van der Waals surface area contributed by atoms with Gasteiger partial charge >= 0.3 is 0 Å². The Balaban J connectivity index is 1.72. The van der Waals surface area contributed by atoms with Gasteiger partial charge in [0.25, 0.3) is 0 Å². The minimum absolute atomic E-state index is 0.696. The van der Waals surface area contributed by atoms with Gasteiger partial charge in [0.1, 0.15) is 0 Å². The number of nitrogens with zero attached hydrogens (tertiary/aromatic N) is 3. The van der Waals surface area contributed by atoms with Crippen molar-refractivity contribution in [1.82, 2.24) is 14.4 Å². The molecule has 0 amide bonds. The largest absolute Gasteiger partial charge is 0.385 e. The van der Waals surface area contributed by atoms with Crippen molar-refractivity contribution in [2.75, 3.05) is 40.4 Å². The van der Waals surface area contributed by atoms with E-state index in [9.17, 15) is 0 Å². The molecular weight excluding hydrogens is 298 g/mol. The van der Waals surface area contributed by atoms with Crippen molar-refractivity contribution in [3.63, 3.8) is 0 Å². The maximum atomic E-state index is 5.27. The zero-order valence-electron chi connectivity index (χ0n) is 15.4. The molecule has 1 saturated heterocycles. The van der Waals surface area contributed by atoms with Gasteiger partial charge in [0.05, 0.1) is 0 Å². The summed E-state index contributed by atoms with van der Waals surface area (Å²) < 4.78 is 7.48. The van der Waals surface area contributed by atoms with Crippen molar-refractivity contribution in [2.24, 2.45) is 7.05 Å². The van der Waals surface area contributed by atoms with E-state index in [-0.39, 0.29) is 0 Å². The van der Waals surface area contributed by atoms with Gasteiger partial charge in [-0.2, -0.15) is 0 Å². The van der Waals surface area contributed by atoms with E-state index in [0.29, 0.717) is 6.04 Å². The van der Waals surface area contributed by atoms with Crippen LogP contribution in [0.5, 0.6) is 0 Å². The second-order valence-corrected chi connectivity index (χ2v) is 7.17. The number of rotatable bonds is 7. The highest BCUT2D eigenvalue weighted by Gasteiger charge is 2.23. The fourth-order valence-corrected chi connectivity index (χ4v) is 3.80. The Morgan fingerprint density at radius 3 is 2.71 bits per heavy atom. The van der Waals surface area contributed by atoms with Crippen LogP contribution in [0, 0.1) is 0 Å². The number of fused-ring (bicyclic) bond motifs is 1. The number of aryl methyl sites for hydroxylation is 1. The Morgan fingerprint density at radius 1 is 1.17 bits per heavy atom. The van der Waals surface area contributed by atoms with Gasteiger partial charge in [-0.05, 0) is 62.5 Å². The molecule has 0 atom stereocenters. The molecule has 4 nitrogen and oxygen atoms in total. The van der Waals surface area contributed by atoms with E-state index in [4.69, 9.17) is 4.74 Å². The van der Waals surface area contributed by atoms with Crippen molar-refractivity contribution in [2.45, 2.75) is 31.8 Å². The maximum absolute atomic E-state index is 5.27. The van der Waals surface area contributed by atoms with Gasteiger partial charge < -0.3 is 14.2 Å². The molecule has 0 saturated carbocycles. The number of aromatic nitrogens is 1. The Morgan fingerprint density at radius 2 is 1.96 bits per heavy atom. The fourth-order valence-electron chi connectivity index (χ4n) is 3.80. The van der Waals surface area contributed by atoms with Gasteiger partial charge in [-0.3, -0.25) is 4.90 Å². The molecular formula is C20H31N3O. The Kier molecular flexibility index (Phi) is 5.93. The number of piperidine rings is 1. The minimum Gasteiger partial charge on any atom is -0.385 e. The molecule has 4 heteroatoms. The first-order valence-corrected chi connectivity index (χ1v) is 9.13. The van der Waals surface area contributed by atoms with Gasteiger partial charge in [0.2, 0.25) is 0 Å². The average molecular weight is 329 g/mol. The molecule has 1 aromatic carbocycles. The van der Waals surface area contributed by atoms with Crippen LogP contribution in [0.3, 0.4) is 0 Å². The molecule has 0 aliphatic carbocycles. The smallest absolute Gasteiger partial charge is 0.0480 e. The zero-order valence-corrected chi connectivity index (χ0v) is 15.4. The first kappa shape index (κ1) is 17.5. The van der Waals surface area contributed by atoms with Crippen LogP contribution >= 0.6 is 0 Å². The highest BCUT2D eigenvalue weighted by Crippen LogP contribution is 2.22. The monoisotopic (exact) mass is 329 g/mol. The third-order valence-electron chi connectivity index (χ3n) is 5.34. The molecule has 1 fully saturated rings. The molecule has 0 N–H and O–H groups in total. The fraction of sp³-hybridized carbons (Fsp3) is 0.600. The van der Waals surface area contributed by atoms with Crippen molar-refractivity contribution >= 4 is 10.9 Å². The molecule has 1 aliphatic rings. The van der Waals surface area contributed by atoms with Crippen LogP contribution < -0.4 is 0 Å². The number of likely N-dealkylation sites (tertiary alicyclic amines) is 1. The topological polar surface area (TPSA) is 20.6 Å². The molecule has 24 heavy (non-hydrogen) atoms. The minimum atomic E-state index is 0.696. The molecule has 2 heterocycles. The molecule has 2 aromatic rings. The van der Waals surface area contributed by atoms with Crippen LogP contribution in [-0.2, 0) is 18.3 Å². The van der Waals surface area contributed by atoms with Gasteiger partial charge in [-0.15, -0.1) is 0 Å². The van der Waals surface area contributed by atoms with E-state index < -0.39 is 0 Å². The van der Waals surface area contributed by atoms with E-state index in [0.717, 1.165) is 26.1 Å². The van der Waals surface area contributed by atoms with E-state index in [1.165, 1.54) is 42.4 Å². The highest BCUT2D eigenvalue weighted by atomic mass is 16.5. The van der Waals surface area contributed by atoms with Crippen molar-refractivity contribution in [1.29, 1.82) is 0 Å². The molecule has 0 spiro atoms. The summed E-state index contributed by atoms with van der Waals surface area (Å²) in [5, 5.41) is 1.33. The van der Waals surface area contributed by atoms with E-state index in [1.54, 1.807) is 7.11 Å². The molecule has 3 rings (SSSR count). The van der Waals surface area contributed by atoms with Crippen LogP contribution in [0.2, 0.25) is 0 Å². The Hall–Kier alpha value is -1.36. The van der Waals surface area contributed by atoms with Gasteiger partial charge in [-0.1, -0.05) is 12.1 Å². The van der Waals surface area contributed by atoms with Crippen LogP contribution in [0.15, 0.2) is 30.5 Å². The van der Waals surface area contributed by atoms with Crippen molar-refractivity contribution in [3.05, 3.63) is 36.0 Å². The summed E-state index contributed by atoms with van der Waals surface area (Å²) in [6.07, 6.45) is 5.79. The summed E-state index contributed by atoms with van der Waals surface area (Å²) in [5.41, 5.74) is 2.74. The third-order valence-corrected chi connectivity index (χ3v) is 5.34. The summed E-state index contributed by atoms with van der Waals surface area (Å²) >= 11 is 0. The lowest BCUT2D eigenvalue weighted by atomic mass is 10.0. The van der Waals surface area contributed by atoms with E-state index in [2.05, 4.69) is 58.9 Å². The highest BCUT2D eigenvalue weighted by molar-refractivity contribution is 5.80. The lowest BCUT2D eigenvalue weighted by Crippen LogP contribution is -2.43. The normalized spacial score (nSPS) is 17.2. The number of methoxy groups -OCH3 is 1. The van der Waals surface area contributed by atoms with Gasteiger partial charge in [-0.25, -0.2) is 0 Å². The average Bonchev–Trinajstić information content (AvgIpc) is 2.96. The first-order chi connectivity index (χ1) is 11.7. The van der Waals surface area contributed by atoms with Crippen LogP contribution in [0.25, 0.3) is 10.9 Å². The lowest BCUT2D eigenvalue weighted by molar-refractivity contribution is 0.1000. The van der Waals surface area contributed by atoms with Crippen LogP contribution in [-0.4, -0.2) is 60.8 Å². The number of hydrogen-bond acceptors (Lipinski definition) is 3. The third kappa shape index (κ3) is 4.18. The lowest BCUT2D eigenvalue weighted by Gasteiger charge is -2.37. The Bertz CT molecular complexity index is 643. The SMILES string of the molecule is COCCCN(Cc1ccc2ccn(C)c2c1)C1CCN(C)CC1. The quantitative estimate of drug-likeness (QED) is 0.728. The second-order valence-electron chi connectivity index (χ2n) is 7.17. The van der Waals surface area contributed by atoms with Crippen LogP contribution in [0.1, 0.15) is 24.8 Å². The summed E-state index contributed by atoms with van der Waals surface area (Å²) in [6, 6.07) is 9.79. The second kappa shape index (κ2) is 8.15. The van der Waals surface area contributed by atoms with Crippen LogP contribution in [0.4, 0.5) is 0 Å². The summed E-state index contributed by atoms with van der Waals surface area (Å²) in [7, 11) is 6.15.